The lowest BCUT2D eigenvalue weighted by Gasteiger charge is -2.24. The van der Waals surface area contributed by atoms with Crippen LogP contribution in [0.3, 0.4) is 0 Å². The SMILES string of the molecule is [B]C(C)(CC)c1ccc(CC(C)C)cc1. The number of hydrogen-bond donors (Lipinski definition) is 0. The van der Waals surface area contributed by atoms with E-state index in [0.29, 0.717) is 5.92 Å². The molecule has 0 N–H and O–H groups in total. The Kier molecular flexibility index (Phi) is 4.01. The quantitative estimate of drug-likeness (QED) is 0.650. The fraction of sp³-hybridized carbons (Fsp3) is 0.571. The highest BCUT2D eigenvalue weighted by atomic mass is 14.2. The third-order valence-corrected chi connectivity index (χ3v) is 2.99. The summed E-state index contributed by atoms with van der Waals surface area (Å²) < 4.78 is 0. The van der Waals surface area contributed by atoms with Crippen LogP contribution in [-0.4, -0.2) is 7.85 Å². The second kappa shape index (κ2) is 4.87. The van der Waals surface area contributed by atoms with E-state index in [9.17, 15) is 0 Å². The first-order valence-corrected chi connectivity index (χ1v) is 5.84. The molecule has 2 radical (unpaired) electrons. The Morgan fingerprint density at radius 1 is 1.20 bits per heavy atom. The summed E-state index contributed by atoms with van der Waals surface area (Å²) in [5.41, 5.74) is 2.64. The second-order valence-corrected chi connectivity index (χ2v) is 5.07. The first-order valence-electron chi connectivity index (χ1n) is 5.84. The van der Waals surface area contributed by atoms with Gasteiger partial charge in [0.15, 0.2) is 0 Å². The van der Waals surface area contributed by atoms with Crippen LogP contribution in [0.1, 0.15) is 45.2 Å². The summed E-state index contributed by atoms with van der Waals surface area (Å²) in [5.74, 6) is 0.714. The largest absolute Gasteiger partial charge is 0.0806 e. The maximum Gasteiger partial charge on any atom is 0.0806 e. The molecule has 1 atom stereocenters. The van der Waals surface area contributed by atoms with Crippen molar-refractivity contribution in [2.24, 2.45) is 5.92 Å². The van der Waals surface area contributed by atoms with E-state index in [-0.39, 0.29) is 5.31 Å². The molecule has 1 aromatic carbocycles. The van der Waals surface area contributed by atoms with E-state index in [1.807, 2.05) is 0 Å². The van der Waals surface area contributed by atoms with Gasteiger partial charge in [0.05, 0.1) is 7.85 Å². The van der Waals surface area contributed by atoms with Crippen molar-refractivity contribution in [2.45, 2.75) is 45.9 Å². The Balaban J connectivity index is 2.81. The predicted octanol–water partition coefficient (Wildman–Crippen LogP) is 3.68. The summed E-state index contributed by atoms with van der Waals surface area (Å²) in [6.07, 6.45) is 2.12. The van der Waals surface area contributed by atoms with Crippen LogP contribution in [0.4, 0.5) is 0 Å². The molecule has 0 heterocycles. The Labute approximate surface area is 95.5 Å². The van der Waals surface area contributed by atoms with Gasteiger partial charge in [-0.2, -0.15) is 0 Å². The van der Waals surface area contributed by atoms with Gasteiger partial charge in [0.2, 0.25) is 0 Å². The molecule has 0 aliphatic rings. The molecule has 80 valence electrons. The minimum absolute atomic E-state index is 0.184. The highest BCUT2D eigenvalue weighted by molar-refractivity contribution is 6.15. The summed E-state index contributed by atoms with van der Waals surface area (Å²) in [7, 11) is 6.19. The molecule has 1 aromatic rings. The Bertz CT molecular complexity index is 296. The molecule has 0 bridgehead atoms. The van der Waals surface area contributed by atoms with Crippen LogP contribution in [0.5, 0.6) is 0 Å². The summed E-state index contributed by atoms with van der Waals surface area (Å²) in [5, 5.41) is -0.184. The second-order valence-electron chi connectivity index (χ2n) is 5.07. The molecule has 1 rings (SSSR count). The van der Waals surface area contributed by atoms with E-state index < -0.39 is 0 Å². The standard InChI is InChI=1S/C14H21B/c1-5-14(4,15)13-8-6-12(7-9-13)10-11(2)3/h6-9,11H,5,10H2,1-4H3. The average molecular weight is 200 g/mol. The minimum atomic E-state index is -0.184. The van der Waals surface area contributed by atoms with Gasteiger partial charge >= 0.3 is 0 Å². The van der Waals surface area contributed by atoms with Crippen LogP contribution in [0.15, 0.2) is 24.3 Å². The lowest BCUT2D eigenvalue weighted by atomic mass is 9.64. The molecule has 1 heteroatoms. The van der Waals surface area contributed by atoms with Crippen LogP contribution in [0.2, 0.25) is 0 Å². The van der Waals surface area contributed by atoms with Crippen LogP contribution < -0.4 is 0 Å². The van der Waals surface area contributed by atoms with Crippen molar-refractivity contribution in [3.63, 3.8) is 0 Å². The molecule has 0 aromatic heterocycles. The van der Waals surface area contributed by atoms with Gasteiger partial charge < -0.3 is 0 Å². The highest BCUT2D eigenvalue weighted by Gasteiger charge is 2.16. The van der Waals surface area contributed by atoms with E-state index in [4.69, 9.17) is 7.85 Å². The first-order chi connectivity index (χ1) is 6.95. The third-order valence-electron chi connectivity index (χ3n) is 2.99. The minimum Gasteiger partial charge on any atom is -0.0653 e. The molecule has 0 saturated heterocycles. The maximum absolute atomic E-state index is 6.19. The Morgan fingerprint density at radius 3 is 2.13 bits per heavy atom. The van der Waals surface area contributed by atoms with Crippen molar-refractivity contribution in [1.82, 2.24) is 0 Å². The van der Waals surface area contributed by atoms with Gasteiger partial charge in [-0.25, -0.2) is 0 Å². The molecular formula is C14H21B. The Hall–Kier alpha value is -0.715. The average Bonchev–Trinajstić information content (AvgIpc) is 2.18. The molecule has 0 fully saturated rings. The summed E-state index contributed by atoms with van der Waals surface area (Å²) in [6, 6.07) is 8.74. The van der Waals surface area contributed by atoms with Gasteiger partial charge in [-0.1, -0.05) is 63.9 Å². The van der Waals surface area contributed by atoms with Crippen molar-refractivity contribution in [3.05, 3.63) is 35.4 Å². The van der Waals surface area contributed by atoms with Crippen molar-refractivity contribution in [2.75, 3.05) is 0 Å². The molecule has 0 spiro atoms. The van der Waals surface area contributed by atoms with Gasteiger partial charge in [-0.15, -0.1) is 0 Å². The monoisotopic (exact) mass is 200 g/mol. The van der Waals surface area contributed by atoms with E-state index in [2.05, 4.69) is 52.0 Å². The normalized spacial score (nSPS) is 15.3. The zero-order chi connectivity index (χ0) is 11.5. The van der Waals surface area contributed by atoms with Crippen LogP contribution in [0.25, 0.3) is 0 Å². The van der Waals surface area contributed by atoms with Gasteiger partial charge in [0, 0.05) is 0 Å². The van der Waals surface area contributed by atoms with Crippen LogP contribution in [-0.2, 0) is 11.7 Å². The fourth-order valence-corrected chi connectivity index (χ4v) is 1.70. The van der Waals surface area contributed by atoms with E-state index >= 15 is 0 Å². The summed E-state index contributed by atoms with van der Waals surface area (Å²) in [6.45, 7) is 8.70. The zero-order valence-electron chi connectivity index (χ0n) is 10.4. The van der Waals surface area contributed by atoms with E-state index in [1.165, 1.54) is 11.1 Å². The molecular weight excluding hydrogens is 179 g/mol. The number of rotatable bonds is 4. The third kappa shape index (κ3) is 3.41. The smallest absolute Gasteiger partial charge is 0.0653 e. The van der Waals surface area contributed by atoms with Crippen molar-refractivity contribution >= 4 is 7.85 Å². The molecule has 0 aliphatic carbocycles. The topological polar surface area (TPSA) is 0 Å². The van der Waals surface area contributed by atoms with Gasteiger partial charge in [0.1, 0.15) is 0 Å². The fourth-order valence-electron chi connectivity index (χ4n) is 1.70. The molecule has 15 heavy (non-hydrogen) atoms. The first kappa shape index (κ1) is 12.4. The maximum atomic E-state index is 6.19. The molecule has 0 amide bonds. The molecule has 0 aliphatic heterocycles. The van der Waals surface area contributed by atoms with E-state index in [1.54, 1.807) is 0 Å². The predicted molar refractivity (Wildman–Crippen MR) is 68.4 cm³/mol. The molecule has 0 saturated carbocycles. The van der Waals surface area contributed by atoms with Gasteiger partial charge in [0.25, 0.3) is 0 Å². The van der Waals surface area contributed by atoms with Crippen molar-refractivity contribution in [1.29, 1.82) is 0 Å². The van der Waals surface area contributed by atoms with E-state index in [0.717, 1.165) is 12.8 Å². The van der Waals surface area contributed by atoms with Crippen LogP contribution in [0, 0.1) is 5.92 Å². The number of hydrogen-bond acceptors (Lipinski definition) is 0. The lowest BCUT2D eigenvalue weighted by Crippen LogP contribution is -2.20. The highest BCUT2D eigenvalue weighted by Crippen LogP contribution is 2.24. The summed E-state index contributed by atoms with van der Waals surface area (Å²) >= 11 is 0. The summed E-state index contributed by atoms with van der Waals surface area (Å²) in [4.78, 5) is 0. The van der Waals surface area contributed by atoms with Crippen LogP contribution >= 0.6 is 0 Å². The van der Waals surface area contributed by atoms with Gasteiger partial charge in [-0.05, 0) is 23.2 Å². The Morgan fingerprint density at radius 2 is 1.73 bits per heavy atom. The zero-order valence-corrected chi connectivity index (χ0v) is 10.4. The van der Waals surface area contributed by atoms with Crippen molar-refractivity contribution < 1.29 is 0 Å². The number of benzene rings is 1. The molecule has 1 unspecified atom stereocenters. The van der Waals surface area contributed by atoms with Crippen molar-refractivity contribution in [3.8, 4) is 0 Å². The molecule has 0 nitrogen and oxygen atoms in total. The van der Waals surface area contributed by atoms with Gasteiger partial charge in [-0.3, -0.25) is 0 Å². The lowest BCUT2D eigenvalue weighted by molar-refractivity contribution is 0.639.